The Morgan fingerprint density at radius 1 is 1.24 bits per heavy atom. The number of methoxy groups -OCH3 is 1. The first-order valence-corrected chi connectivity index (χ1v) is 11.6. The molecular weight excluding hydrogens is 462 g/mol. The van der Waals surface area contributed by atoms with Crippen molar-refractivity contribution in [3.05, 3.63) is 58.3 Å². The number of pyridine rings is 1. The van der Waals surface area contributed by atoms with E-state index < -0.39 is 16.6 Å². The molecule has 2 N–H and O–H groups in total. The van der Waals surface area contributed by atoms with Crippen LogP contribution in [0.5, 0.6) is 0 Å². The number of carbonyl (C=O) groups excluding carboxylic acids is 2. The summed E-state index contributed by atoms with van der Waals surface area (Å²) in [5.41, 5.74) is 1.62. The fourth-order valence-corrected chi connectivity index (χ4v) is 4.54. The molecule has 8 nitrogen and oxygen atoms in total. The molecule has 1 aliphatic rings. The summed E-state index contributed by atoms with van der Waals surface area (Å²) >= 11 is 3.43. The molecule has 29 heavy (non-hydrogen) atoms. The summed E-state index contributed by atoms with van der Waals surface area (Å²) in [5, 5.41) is 0. The molecule has 1 aromatic carbocycles. The Morgan fingerprint density at radius 3 is 2.55 bits per heavy atom. The highest BCUT2D eigenvalue weighted by atomic mass is 79.9. The Bertz CT molecular complexity index is 884. The monoisotopic (exact) mass is 483 g/mol. The van der Waals surface area contributed by atoms with Crippen LogP contribution in [0.4, 0.5) is 10.5 Å². The summed E-state index contributed by atoms with van der Waals surface area (Å²) in [5.74, 6) is -0.120. The smallest absolute Gasteiger partial charge is 0.339 e. The third-order valence-corrected chi connectivity index (χ3v) is 6.73. The van der Waals surface area contributed by atoms with E-state index in [0.717, 1.165) is 4.47 Å². The van der Waals surface area contributed by atoms with Crippen LogP contribution in [0, 0.1) is 0 Å². The molecule has 0 radical (unpaired) electrons. The molecule has 2 aromatic rings. The summed E-state index contributed by atoms with van der Waals surface area (Å²) in [6.45, 7) is 0.754. The maximum absolute atomic E-state index is 13.2. The van der Waals surface area contributed by atoms with Gasteiger partial charge in [0.05, 0.1) is 36.4 Å². The zero-order chi connectivity index (χ0) is 21.0. The quantitative estimate of drug-likeness (QED) is 0.640. The van der Waals surface area contributed by atoms with Crippen molar-refractivity contribution in [2.45, 2.75) is 6.54 Å². The summed E-state index contributed by atoms with van der Waals surface area (Å²) in [4.78, 5) is 32.3. The van der Waals surface area contributed by atoms with Gasteiger partial charge in [-0.2, -0.15) is 10.6 Å². The van der Waals surface area contributed by atoms with Crippen LogP contribution in [0.1, 0.15) is 16.1 Å². The van der Waals surface area contributed by atoms with Crippen LogP contribution < -0.4 is 4.90 Å². The second kappa shape index (κ2) is 9.12. The highest BCUT2D eigenvalue weighted by Crippen LogP contribution is 2.40. The average Bonchev–Trinajstić information content (AvgIpc) is 2.71. The van der Waals surface area contributed by atoms with Gasteiger partial charge in [0.1, 0.15) is 0 Å². The Labute approximate surface area is 179 Å². The van der Waals surface area contributed by atoms with Gasteiger partial charge in [0.25, 0.3) is 0 Å². The number of hydrogen-bond acceptors (Lipinski definition) is 6. The molecule has 0 saturated carbocycles. The molecular formula is C19H22BrN3O5S. The van der Waals surface area contributed by atoms with Gasteiger partial charge < -0.3 is 9.64 Å². The maximum Gasteiger partial charge on any atom is 0.339 e. The number of amides is 2. The molecule has 1 fully saturated rings. The van der Waals surface area contributed by atoms with Crippen LogP contribution >= 0.6 is 26.5 Å². The highest BCUT2D eigenvalue weighted by molar-refractivity contribution is 9.10. The highest BCUT2D eigenvalue weighted by Gasteiger charge is 2.29. The van der Waals surface area contributed by atoms with E-state index in [1.807, 2.05) is 24.3 Å². The van der Waals surface area contributed by atoms with Crippen LogP contribution in [0.25, 0.3) is 0 Å². The van der Waals surface area contributed by atoms with Crippen LogP contribution in [-0.4, -0.2) is 62.7 Å². The first-order chi connectivity index (χ1) is 13.8. The summed E-state index contributed by atoms with van der Waals surface area (Å²) in [7, 11) is -1.29. The van der Waals surface area contributed by atoms with Crippen molar-refractivity contribution >= 4 is 44.2 Å². The van der Waals surface area contributed by atoms with Gasteiger partial charge in [-0.25, -0.2) is 9.59 Å². The molecule has 1 aromatic heterocycles. The Balaban J connectivity index is 1.84. The number of hydrogen-bond donors (Lipinski definition) is 2. The number of rotatable bonds is 4. The molecule has 10 heteroatoms. The minimum atomic E-state index is -2.60. The van der Waals surface area contributed by atoms with Gasteiger partial charge in [-0.3, -0.25) is 19.0 Å². The number of aromatic nitrogens is 1. The first-order valence-electron chi connectivity index (χ1n) is 8.88. The van der Waals surface area contributed by atoms with E-state index in [4.69, 9.17) is 0 Å². The number of carbonyl (C=O) groups is 2. The number of urea groups is 1. The van der Waals surface area contributed by atoms with Crippen molar-refractivity contribution in [2.24, 2.45) is 0 Å². The topological polar surface area (TPSA) is 103 Å². The van der Waals surface area contributed by atoms with E-state index in [2.05, 4.69) is 25.7 Å². The van der Waals surface area contributed by atoms with Crippen molar-refractivity contribution in [2.75, 3.05) is 36.6 Å². The van der Waals surface area contributed by atoms with Crippen molar-refractivity contribution in [1.29, 1.82) is 0 Å². The number of halogens is 1. The van der Waals surface area contributed by atoms with Crippen LogP contribution in [-0.2, 0) is 11.3 Å². The summed E-state index contributed by atoms with van der Waals surface area (Å²) < 4.78 is 25.2. The van der Waals surface area contributed by atoms with Gasteiger partial charge in [0, 0.05) is 29.4 Å². The van der Waals surface area contributed by atoms with Crippen molar-refractivity contribution in [3.63, 3.8) is 0 Å². The lowest BCUT2D eigenvalue weighted by Gasteiger charge is -2.42. The van der Waals surface area contributed by atoms with Crippen molar-refractivity contribution < 1.29 is 23.4 Å². The molecule has 2 amide bonds. The minimum absolute atomic E-state index is 0.178. The van der Waals surface area contributed by atoms with E-state index in [1.165, 1.54) is 13.3 Å². The van der Waals surface area contributed by atoms with Gasteiger partial charge in [0.15, 0.2) is 0 Å². The second-order valence-corrected chi connectivity index (χ2v) is 9.91. The SMILES string of the molecule is COC(=O)c1ccc(CN(C(=O)N2CCS(O)(O)CC2)c2cccc(Br)c2)nc1. The molecule has 0 bridgehead atoms. The van der Waals surface area contributed by atoms with E-state index >= 15 is 0 Å². The molecule has 0 spiro atoms. The first kappa shape index (κ1) is 21.6. The number of nitrogens with zero attached hydrogens (tertiary/aromatic N) is 3. The van der Waals surface area contributed by atoms with Crippen LogP contribution in [0.2, 0.25) is 0 Å². The largest absolute Gasteiger partial charge is 0.465 e. The van der Waals surface area contributed by atoms with E-state index in [0.29, 0.717) is 16.9 Å². The molecule has 0 unspecified atom stereocenters. The van der Waals surface area contributed by atoms with E-state index in [1.54, 1.807) is 21.9 Å². The lowest BCUT2D eigenvalue weighted by molar-refractivity contribution is 0.0600. The maximum atomic E-state index is 13.2. The van der Waals surface area contributed by atoms with Crippen LogP contribution in [0.3, 0.4) is 0 Å². The summed E-state index contributed by atoms with van der Waals surface area (Å²) in [6.07, 6.45) is 1.42. The lowest BCUT2D eigenvalue weighted by atomic mass is 10.2. The fourth-order valence-electron chi connectivity index (χ4n) is 2.92. The third kappa shape index (κ3) is 5.47. The van der Waals surface area contributed by atoms with Gasteiger partial charge in [-0.15, -0.1) is 0 Å². The van der Waals surface area contributed by atoms with Gasteiger partial charge in [-0.05, 0) is 30.3 Å². The fraction of sp³-hybridized carbons (Fsp3) is 0.316. The standard InChI is InChI=1S/C19H22BrN3O5S/c1-28-18(24)14-5-6-16(21-12-14)13-23(17-4-2-3-15(20)11-17)19(25)22-7-9-29(26,27)10-8-22/h2-6,11-12,26-27H,7-10,13H2,1H3. The third-order valence-electron chi connectivity index (χ3n) is 4.56. The van der Waals surface area contributed by atoms with Gasteiger partial charge >= 0.3 is 12.0 Å². The predicted molar refractivity (Wildman–Crippen MR) is 115 cm³/mol. The Kier molecular flexibility index (Phi) is 6.78. The minimum Gasteiger partial charge on any atom is -0.465 e. The zero-order valence-corrected chi connectivity index (χ0v) is 18.2. The zero-order valence-electron chi connectivity index (χ0n) is 15.8. The normalized spacial score (nSPS) is 16.8. The second-order valence-electron chi connectivity index (χ2n) is 6.58. The molecule has 0 atom stereocenters. The van der Waals surface area contributed by atoms with Crippen molar-refractivity contribution in [3.8, 4) is 0 Å². The number of benzene rings is 1. The molecule has 1 saturated heterocycles. The summed E-state index contributed by atoms with van der Waals surface area (Å²) in [6, 6.07) is 10.4. The molecule has 3 rings (SSSR count). The van der Waals surface area contributed by atoms with Gasteiger partial charge in [-0.1, -0.05) is 22.0 Å². The van der Waals surface area contributed by atoms with E-state index in [9.17, 15) is 18.7 Å². The lowest BCUT2D eigenvalue weighted by Crippen LogP contribution is -2.48. The average molecular weight is 484 g/mol. The molecule has 1 aliphatic heterocycles. The predicted octanol–water partition coefficient (Wildman–Crippen LogP) is 3.82. The van der Waals surface area contributed by atoms with Crippen molar-refractivity contribution in [1.82, 2.24) is 9.88 Å². The Hall–Kier alpha value is -2.14. The Morgan fingerprint density at radius 2 is 1.97 bits per heavy atom. The van der Waals surface area contributed by atoms with Crippen LogP contribution in [0.15, 0.2) is 47.1 Å². The number of esters is 1. The number of ether oxygens (including phenoxy) is 1. The van der Waals surface area contributed by atoms with E-state index in [-0.39, 0.29) is 37.2 Å². The molecule has 2 heterocycles. The number of anilines is 1. The molecule has 0 aliphatic carbocycles. The molecule has 156 valence electrons. The van der Waals surface area contributed by atoms with Gasteiger partial charge in [0.2, 0.25) is 0 Å².